The average molecular weight is 569 g/mol. The van der Waals surface area contributed by atoms with Crippen molar-refractivity contribution >= 4 is 23.2 Å². The molecule has 4 aromatic carbocycles. The monoisotopic (exact) mass is 568 g/mol. The number of para-hydroxylation sites is 1. The van der Waals surface area contributed by atoms with E-state index in [1.807, 2.05) is 119 Å². The molecule has 1 aliphatic heterocycles. The molecule has 0 radical (unpaired) electrons. The molecule has 1 aliphatic rings. The van der Waals surface area contributed by atoms with Gasteiger partial charge >= 0.3 is 0 Å². The Balaban J connectivity index is 1.26. The molecule has 1 aromatic heterocycles. The highest BCUT2D eigenvalue weighted by molar-refractivity contribution is 6.07. The van der Waals surface area contributed by atoms with Gasteiger partial charge in [0.05, 0.1) is 13.1 Å². The van der Waals surface area contributed by atoms with Crippen molar-refractivity contribution in [3.63, 3.8) is 0 Å². The Morgan fingerprint density at radius 2 is 1.49 bits per heavy atom. The standard InChI is InChI=1S/C37H36N4O2/c1-25-9-5-7-11-32(25)33-19-15-28(21-26(33)2)37(43)41-24-31-18-20-35(40(31)23-29-10-6-8-12-34(29)41)36(42)38-22-27-13-16-30(17-14-27)39(3)4/h5-21H,22-24H2,1-4H3,(H,38,42). The van der Waals surface area contributed by atoms with Crippen LogP contribution in [-0.4, -0.2) is 30.5 Å². The van der Waals surface area contributed by atoms with Crippen LogP contribution in [0.4, 0.5) is 11.4 Å². The molecule has 0 aliphatic carbocycles. The summed E-state index contributed by atoms with van der Waals surface area (Å²) in [5, 5.41) is 3.08. The second kappa shape index (κ2) is 11.6. The molecule has 6 nitrogen and oxygen atoms in total. The van der Waals surface area contributed by atoms with Gasteiger partial charge in [-0.3, -0.25) is 9.59 Å². The number of aryl methyl sites for hydroxylation is 2. The third kappa shape index (κ3) is 5.56. The third-order valence-electron chi connectivity index (χ3n) is 8.29. The number of hydrogen-bond donors (Lipinski definition) is 1. The molecule has 5 aromatic rings. The van der Waals surface area contributed by atoms with Crippen LogP contribution in [0.1, 0.15) is 48.8 Å². The molecule has 216 valence electrons. The normalized spacial score (nSPS) is 12.2. The largest absolute Gasteiger partial charge is 0.378 e. The van der Waals surface area contributed by atoms with E-state index >= 15 is 0 Å². The molecule has 2 amide bonds. The van der Waals surface area contributed by atoms with Crippen LogP contribution in [0.25, 0.3) is 11.1 Å². The summed E-state index contributed by atoms with van der Waals surface area (Å²) in [5.41, 5.74) is 10.7. The first-order valence-corrected chi connectivity index (χ1v) is 14.6. The Bertz CT molecular complexity index is 1820. The predicted molar refractivity (Wildman–Crippen MR) is 174 cm³/mol. The zero-order valence-corrected chi connectivity index (χ0v) is 25.1. The summed E-state index contributed by atoms with van der Waals surface area (Å²) in [6.45, 7) is 5.48. The molecule has 0 fully saturated rings. The van der Waals surface area contributed by atoms with Crippen molar-refractivity contribution in [2.24, 2.45) is 0 Å². The van der Waals surface area contributed by atoms with Gasteiger partial charge in [0.15, 0.2) is 0 Å². The first kappa shape index (κ1) is 28.0. The number of benzene rings is 4. The van der Waals surface area contributed by atoms with Gasteiger partial charge in [-0.25, -0.2) is 0 Å². The van der Waals surface area contributed by atoms with Crippen LogP contribution in [0.5, 0.6) is 0 Å². The van der Waals surface area contributed by atoms with Crippen LogP contribution in [0.3, 0.4) is 0 Å². The van der Waals surface area contributed by atoms with Crippen LogP contribution in [0.2, 0.25) is 0 Å². The molecule has 0 unspecified atom stereocenters. The summed E-state index contributed by atoms with van der Waals surface area (Å²) in [7, 11) is 4.01. The molecule has 2 heterocycles. The van der Waals surface area contributed by atoms with E-state index in [9.17, 15) is 9.59 Å². The molecular formula is C37H36N4O2. The van der Waals surface area contributed by atoms with Gasteiger partial charge in [0.2, 0.25) is 0 Å². The number of carbonyl (C=O) groups excluding carboxylic acids is 2. The fourth-order valence-corrected chi connectivity index (χ4v) is 5.85. The highest BCUT2D eigenvalue weighted by atomic mass is 16.2. The molecule has 6 rings (SSSR count). The quantitative estimate of drug-likeness (QED) is 0.241. The number of carbonyl (C=O) groups is 2. The minimum Gasteiger partial charge on any atom is -0.378 e. The zero-order valence-electron chi connectivity index (χ0n) is 25.1. The van der Waals surface area contributed by atoms with Crippen LogP contribution < -0.4 is 15.1 Å². The average Bonchev–Trinajstić information content (AvgIpc) is 3.33. The summed E-state index contributed by atoms with van der Waals surface area (Å²) in [5.74, 6) is -0.198. The van der Waals surface area contributed by atoms with E-state index in [0.717, 1.165) is 39.3 Å². The summed E-state index contributed by atoms with van der Waals surface area (Å²) >= 11 is 0. The Hall–Kier alpha value is -5.10. The van der Waals surface area contributed by atoms with Gasteiger partial charge < -0.3 is 19.7 Å². The van der Waals surface area contributed by atoms with Gasteiger partial charge in [0, 0.05) is 43.3 Å². The zero-order chi connectivity index (χ0) is 30.1. The van der Waals surface area contributed by atoms with Crippen LogP contribution in [0.15, 0.2) is 103 Å². The summed E-state index contributed by atoms with van der Waals surface area (Å²) in [6.07, 6.45) is 0. The molecule has 6 heteroatoms. The third-order valence-corrected chi connectivity index (χ3v) is 8.29. The van der Waals surface area contributed by atoms with Gasteiger partial charge in [0.25, 0.3) is 11.8 Å². The van der Waals surface area contributed by atoms with E-state index < -0.39 is 0 Å². The number of nitrogens with zero attached hydrogens (tertiary/aromatic N) is 3. The minimum atomic E-state index is -0.136. The molecule has 1 N–H and O–H groups in total. The highest BCUT2D eigenvalue weighted by Gasteiger charge is 2.27. The highest BCUT2D eigenvalue weighted by Crippen LogP contribution is 2.32. The molecule has 0 saturated carbocycles. The number of aromatic nitrogens is 1. The van der Waals surface area contributed by atoms with Gasteiger partial charge in [-0.2, -0.15) is 0 Å². The lowest BCUT2D eigenvalue weighted by Gasteiger charge is -2.23. The molecule has 0 atom stereocenters. The van der Waals surface area contributed by atoms with Gasteiger partial charge in [-0.05, 0) is 89.7 Å². The second-order valence-corrected chi connectivity index (χ2v) is 11.4. The Kier molecular flexibility index (Phi) is 7.59. The first-order chi connectivity index (χ1) is 20.8. The lowest BCUT2D eigenvalue weighted by atomic mass is 9.95. The molecule has 0 saturated heterocycles. The lowest BCUT2D eigenvalue weighted by Crippen LogP contribution is -2.30. The van der Waals surface area contributed by atoms with Crippen molar-refractivity contribution in [1.29, 1.82) is 0 Å². The maximum Gasteiger partial charge on any atom is 0.268 e. The first-order valence-electron chi connectivity index (χ1n) is 14.6. The molecule has 0 bridgehead atoms. The SMILES string of the molecule is Cc1ccccc1-c1ccc(C(=O)N2Cc3ccc(C(=O)NCc4ccc(N(C)C)cc4)n3Cc3ccccc32)cc1C. The van der Waals surface area contributed by atoms with E-state index in [4.69, 9.17) is 0 Å². The Morgan fingerprint density at radius 3 is 2.23 bits per heavy atom. The van der Waals surface area contributed by atoms with E-state index in [2.05, 4.69) is 31.3 Å². The lowest BCUT2D eigenvalue weighted by molar-refractivity contribution is 0.0941. The number of hydrogen-bond acceptors (Lipinski definition) is 3. The number of rotatable bonds is 6. The fraction of sp³-hybridized carbons (Fsp3) is 0.189. The van der Waals surface area contributed by atoms with E-state index in [-0.39, 0.29) is 11.8 Å². The maximum atomic E-state index is 14.1. The van der Waals surface area contributed by atoms with Crippen LogP contribution >= 0.6 is 0 Å². The topological polar surface area (TPSA) is 57.6 Å². The summed E-state index contributed by atoms with van der Waals surface area (Å²) in [4.78, 5) is 31.4. The summed E-state index contributed by atoms with van der Waals surface area (Å²) < 4.78 is 2.03. The Morgan fingerprint density at radius 1 is 0.767 bits per heavy atom. The van der Waals surface area contributed by atoms with Gasteiger partial charge in [0.1, 0.15) is 5.69 Å². The Labute approximate surface area is 253 Å². The number of amides is 2. The molecular weight excluding hydrogens is 532 g/mol. The summed E-state index contributed by atoms with van der Waals surface area (Å²) in [6, 6.07) is 34.2. The molecule has 43 heavy (non-hydrogen) atoms. The van der Waals surface area contributed by atoms with Gasteiger partial charge in [-0.1, -0.05) is 60.7 Å². The van der Waals surface area contributed by atoms with E-state index in [0.29, 0.717) is 30.9 Å². The van der Waals surface area contributed by atoms with Crippen molar-refractivity contribution in [2.75, 3.05) is 23.9 Å². The number of nitrogens with one attached hydrogen (secondary N) is 1. The second-order valence-electron chi connectivity index (χ2n) is 11.4. The number of anilines is 2. The van der Waals surface area contributed by atoms with Gasteiger partial charge in [-0.15, -0.1) is 0 Å². The van der Waals surface area contributed by atoms with Crippen molar-refractivity contribution < 1.29 is 9.59 Å². The van der Waals surface area contributed by atoms with Crippen LogP contribution in [0, 0.1) is 13.8 Å². The fourth-order valence-electron chi connectivity index (χ4n) is 5.85. The van der Waals surface area contributed by atoms with Crippen molar-refractivity contribution in [3.8, 4) is 11.1 Å². The van der Waals surface area contributed by atoms with Crippen molar-refractivity contribution in [3.05, 3.63) is 142 Å². The predicted octanol–water partition coefficient (Wildman–Crippen LogP) is 6.98. The maximum absolute atomic E-state index is 14.1. The van der Waals surface area contributed by atoms with Crippen molar-refractivity contribution in [1.82, 2.24) is 9.88 Å². The van der Waals surface area contributed by atoms with Crippen LogP contribution in [-0.2, 0) is 19.6 Å². The van der Waals surface area contributed by atoms with E-state index in [1.54, 1.807) is 0 Å². The van der Waals surface area contributed by atoms with Crippen molar-refractivity contribution in [2.45, 2.75) is 33.5 Å². The smallest absolute Gasteiger partial charge is 0.268 e. The van der Waals surface area contributed by atoms with E-state index in [1.165, 1.54) is 11.1 Å². The minimum absolute atomic E-state index is 0.0614. The molecule has 0 spiro atoms. The number of fused-ring (bicyclic) bond motifs is 2.